The first-order valence-electron chi connectivity index (χ1n) is 6.28. The number of carbonyl (C=O) groups is 1. The average molecular weight is 267 g/mol. The van der Waals surface area contributed by atoms with E-state index in [0.29, 0.717) is 17.1 Å². The average Bonchev–Trinajstić information content (AvgIpc) is 2.84. The number of nitrogens with zero attached hydrogens (tertiary/aromatic N) is 2. The number of benzene rings is 1. The molecule has 100 valence electrons. The van der Waals surface area contributed by atoms with E-state index in [0.717, 1.165) is 10.9 Å². The molecule has 3 rings (SSSR count). The summed E-state index contributed by atoms with van der Waals surface area (Å²) in [5, 5.41) is 7.66. The van der Waals surface area contributed by atoms with Gasteiger partial charge in [0.1, 0.15) is 5.76 Å². The van der Waals surface area contributed by atoms with Gasteiger partial charge in [0.25, 0.3) is 0 Å². The second-order valence-electron chi connectivity index (χ2n) is 4.53. The number of hydrogen-bond acceptors (Lipinski definition) is 4. The van der Waals surface area contributed by atoms with Crippen LogP contribution < -0.4 is 5.32 Å². The summed E-state index contributed by atoms with van der Waals surface area (Å²) >= 11 is 0. The van der Waals surface area contributed by atoms with Crippen molar-refractivity contribution in [2.75, 3.05) is 5.32 Å². The van der Waals surface area contributed by atoms with E-state index in [9.17, 15) is 4.79 Å². The number of pyridine rings is 1. The highest BCUT2D eigenvalue weighted by Gasteiger charge is 2.10. The van der Waals surface area contributed by atoms with E-state index in [2.05, 4.69) is 15.5 Å². The van der Waals surface area contributed by atoms with E-state index in [1.807, 2.05) is 30.3 Å². The zero-order valence-corrected chi connectivity index (χ0v) is 11.0. The van der Waals surface area contributed by atoms with Gasteiger partial charge in [-0.15, -0.1) is 0 Å². The molecule has 0 unspecified atom stereocenters. The van der Waals surface area contributed by atoms with E-state index in [1.165, 1.54) is 0 Å². The van der Waals surface area contributed by atoms with Crippen LogP contribution in [-0.4, -0.2) is 16.0 Å². The molecule has 0 fully saturated rings. The lowest BCUT2D eigenvalue weighted by Crippen LogP contribution is -2.15. The van der Waals surface area contributed by atoms with E-state index in [1.54, 1.807) is 19.2 Å². The first-order chi connectivity index (χ1) is 9.72. The molecular weight excluding hydrogens is 254 g/mol. The summed E-state index contributed by atoms with van der Waals surface area (Å²) in [6.45, 7) is 1.79. The van der Waals surface area contributed by atoms with Crippen LogP contribution >= 0.6 is 0 Å². The van der Waals surface area contributed by atoms with Crippen LogP contribution in [0.15, 0.2) is 47.1 Å². The Balaban J connectivity index is 1.81. The largest absolute Gasteiger partial charge is 0.361 e. The van der Waals surface area contributed by atoms with Crippen molar-refractivity contribution in [3.05, 3.63) is 54.0 Å². The number of anilines is 1. The highest BCUT2D eigenvalue weighted by Crippen LogP contribution is 2.20. The van der Waals surface area contributed by atoms with Gasteiger partial charge in [-0.3, -0.25) is 9.78 Å². The minimum atomic E-state index is -0.142. The molecule has 0 aliphatic carbocycles. The Morgan fingerprint density at radius 3 is 2.95 bits per heavy atom. The fourth-order valence-corrected chi connectivity index (χ4v) is 2.07. The molecule has 5 nitrogen and oxygen atoms in total. The summed E-state index contributed by atoms with van der Waals surface area (Å²) in [6.07, 6.45) is 1.89. The van der Waals surface area contributed by atoms with Crippen LogP contribution in [0.25, 0.3) is 10.9 Å². The highest BCUT2D eigenvalue weighted by molar-refractivity contribution is 6.00. The SMILES string of the molecule is Cc1cc(CC(=O)Nc2cccc3cccnc23)no1. The Labute approximate surface area is 115 Å². The standard InChI is InChI=1S/C15H13N3O2/c1-10-8-12(18-20-10)9-14(19)17-13-6-2-4-11-5-3-7-16-15(11)13/h2-8H,9H2,1H3,(H,17,19). The van der Waals surface area contributed by atoms with Gasteiger partial charge in [-0.05, 0) is 19.1 Å². The lowest BCUT2D eigenvalue weighted by atomic mass is 10.2. The van der Waals surface area contributed by atoms with Crippen molar-refractivity contribution in [1.29, 1.82) is 0 Å². The summed E-state index contributed by atoms with van der Waals surface area (Å²) in [5.41, 5.74) is 2.10. The molecule has 5 heteroatoms. The molecule has 0 atom stereocenters. The monoisotopic (exact) mass is 267 g/mol. The maximum Gasteiger partial charge on any atom is 0.230 e. The van der Waals surface area contributed by atoms with Crippen molar-refractivity contribution >= 4 is 22.5 Å². The predicted molar refractivity (Wildman–Crippen MR) is 75.3 cm³/mol. The number of hydrogen-bond donors (Lipinski definition) is 1. The van der Waals surface area contributed by atoms with Gasteiger partial charge < -0.3 is 9.84 Å². The number of aromatic nitrogens is 2. The third-order valence-electron chi connectivity index (χ3n) is 2.93. The van der Waals surface area contributed by atoms with Crippen molar-refractivity contribution < 1.29 is 9.32 Å². The van der Waals surface area contributed by atoms with Crippen molar-refractivity contribution in [3.8, 4) is 0 Å². The molecule has 3 aromatic rings. The van der Waals surface area contributed by atoms with E-state index >= 15 is 0 Å². The number of nitrogens with one attached hydrogen (secondary N) is 1. The molecule has 0 radical (unpaired) electrons. The van der Waals surface area contributed by atoms with Crippen LogP contribution in [0.5, 0.6) is 0 Å². The maximum atomic E-state index is 12.0. The third kappa shape index (κ3) is 2.51. The zero-order chi connectivity index (χ0) is 13.9. The van der Waals surface area contributed by atoms with Gasteiger partial charge in [0.2, 0.25) is 5.91 Å². The molecule has 20 heavy (non-hydrogen) atoms. The predicted octanol–water partition coefficient (Wildman–Crippen LogP) is 2.71. The highest BCUT2D eigenvalue weighted by atomic mass is 16.5. The molecule has 0 saturated carbocycles. The molecule has 2 aromatic heterocycles. The number of carbonyl (C=O) groups excluding carboxylic acids is 1. The van der Waals surface area contributed by atoms with Crippen LogP contribution in [-0.2, 0) is 11.2 Å². The molecule has 0 aliphatic heterocycles. The number of fused-ring (bicyclic) bond motifs is 1. The van der Waals surface area contributed by atoms with E-state index < -0.39 is 0 Å². The minimum absolute atomic E-state index is 0.142. The smallest absolute Gasteiger partial charge is 0.230 e. The summed E-state index contributed by atoms with van der Waals surface area (Å²) in [7, 11) is 0. The van der Waals surface area contributed by atoms with Gasteiger partial charge in [0, 0.05) is 17.6 Å². The van der Waals surface area contributed by atoms with Crippen molar-refractivity contribution in [2.24, 2.45) is 0 Å². The van der Waals surface area contributed by atoms with Crippen LogP contribution in [0.4, 0.5) is 5.69 Å². The number of amides is 1. The second-order valence-corrected chi connectivity index (χ2v) is 4.53. The Hall–Kier alpha value is -2.69. The van der Waals surface area contributed by atoms with Gasteiger partial charge in [-0.25, -0.2) is 0 Å². The number of aryl methyl sites for hydroxylation is 1. The molecule has 0 spiro atoms. The molecule has 0 aliphatic rings. The van der Waals surface area contributed by atoms with Gasteiger partial charge >= 0.3 is 0 Å². The Morgan fingerprint density at radius 1 is 1.30 bits per heavy atom. The van der Waals surface area contributed by atoms with Gasteiger partial charge in [0.15, 0.2) is 0 Å². The molecule has 1 amide bonds. The summed E-state index contributed by atoms with van der Waals surface area (Å²) in [6, 6.07) is 11.3. The summed E-state index contributed by atoms with van der Waals surface area (Å²) < 4.78 is 4.94. The van der Waals surface area contributed by atoms with Crippen LogP contribution in [0.3, 0.4) is 0 Å². The Bertz CT molecular complexity index is 759. The number of rotatable bonds is 3. The lowest BCUT2D eigenvalue weighted by Gasteiger charge is -2.06. The summed E-state index contributed by atoms with van der Waals surface area (Å²) in [4.78, 5) is 16.3. The first kappa shape index (κ1) is 12.3. The fraction of sp³-hybridized carbons (Fsp3) is 0.133. The Morgan fingerprint density at radius 2 is 2.15 bits per heavy atom. The molecule has 2 heterocycles. The fourth-order valence-electron chi connectivity index (χ4n) is 2.07. The quantitative estimate of drug-likeness (QED) is 0.792. The Kier molecular flexibility index (Phi) is 3.16. The molecular formula is C15H13N3O2. The van der Waals surface area contributed by atoms with Crippen molar-refractivity contribution in [2.45, 2.75) is 13.3 Å². The van der Waals surface area contributed by atoms with E-state index in [4.69, 9.17) is 4.52 Å². The van der Waals surface area contributed by atoms with Crippen LogP contribution in [0.1, 0.15) is 11.5 Å². The van der Waals surface area contributed by atoms with Crippen molar-refractivity contribution in [3.63, 3.8) is 0 Å². The zero-order valence-electron chi connectivity index (χ0n) is 11.0. The molecule has 0 saturated heterocycles. The number of para-hydroxylation sites is 1. The van der Waals surface area contributed by atoms with Crippen molar-refractivity contribution in [1.82, 2.24) is 10.1 Å². The molecule has 1 aromatic carbocycles. The molecule has 0 bridgehead atoms. The van der Waals surface area contributed by atoms with Gasteiger partial charge in [-0.2, -0.15) is 0 Å². The van der Waals surface area contributed by atoms with Crippen LogP contribution in [0.2, 0.25) is 0 Å². The van der Waals surface area contributed by atoms with Gasteiger partial charge in [0.05, 0.1) is 23.3 Å². The van der Waals surface area contributed by atoms with E-state index in [-0.39, 0.29) is 12.3 Å². The third-order valence-corrected chi connectivity index (χ3v) is 2.93. The first-order valence-corrected chi connectivity index (χ1v) is 6.28. The van der Waals surface area contributed by atoms with Crippen LogP contribution in [0, 0.1) is 6.92 Å². The maximum absolute atomic E-state index is 12.0. The topological polar surface area (TPSA) is 68.0 Å². The lowest BCUT2D eigenvalue weighted by molar-refractivity contribution is -0.115. The molecule has 1 N–H and O–H groups in total. The second kappa shape index (κ2) is 5.13. The summed E-state index contributed by atoms with van der Waals surface area (Å²) in [5.74, 6) is 0.552. The van der Waals surface area contributed by atoms with Gasteiger partial charge in [-0.1, -0.05) is 23.4 Å². The minimum Gasteiger partial charge on any atom is -0.361 e. The normalized spacial score (nSPS) is 10.7.